The van der Waals surface area contributed by atoms with E-state index in [1.165, 1.54) is 0 Å². The maximum absolute atomic E-state index is 12.1. The average Bonchev–Trinajstić information content (AvgIpc) is 3.04. The summed E-state index contributed by atoms with van der Waals surface area (Å²) in [7, 11) is 0. The third-order valence-corrected chi connectivity index (χ3v) is 3.50. The molecule has 108 valence electrons. The van der Waals surface area contributed by atoms with Gasteiger partial charge in [0.25, 0.3) is 5.91 Å². The fourth-order valence-corrected chi connectivity index (χ4v) is 2.31. The largest absolute Gasteiger partial charge is 0.354 e. The van der Waals surface area contributed by atoms with Gasteiger partial charge in [-0.2, -0.15) is 5.10 Å². The fourth-order valence-electron chi connectivity index (χ4n) is 2.31. The van der Waals surface area contributed by atoms with E-state index in [0.717, 1.165) is 5.69 Å². The normalized spacial score (nSPS) is 18.1. The highest BCUT2D eigenvalue weighted by Gasteiger charge is 2.20. The number of piperidine rings is 1. The second-order valence-electron chi connectivity index (χ2n) is 5.01. The highest BCUT2D eigenvalue weighted by molar-refractivity contribution is 5.94. The summed E-state index contributed by atoms with van der Waals surface area (Å²) in [6, 6.07) is 9.09. The lowest BCUT2D eigenvalue weighted by atomic mass is 10.1. The summed E-state index contributed by atoms with van der Waals surface area (Å²) in [4.78, 5) is 23.2. The summed E-state index contributed by atoms with van der Waals surface area (Å²) >= 11 is 0. The van der Waals surface area contributed by atoms with Crippen LogP contribution in [0, 0.1) is 0 Å². The lowest BCUT2D eigenvalue weighted by molar-refractivity contribution is -0.122. The van der Waals surface area contributed by atoms with E-state index in [4.69, 9.17) is 0 Å². The minimum absolute atomic E-state index is 0.000918. The van der Waals surface area contributed by atoms with Gasteiger partial charge in [-0.05, 0) is 36.8 Å². The standard InChI is InChI=1S/C15H16N4O2/c20-14-7-4-12(10-16-14)18-15(21)11-2-5-13(6-3-11)19-9-1-8-17-19/h1-3,5-6,8-9,12H,4,7,10H2,(H,16,20)(H,18,21). The van der Waals surface area contributed by atoms with Crippen molar-refractivity contribution < 1.29 is 9.59 Å². The number of carbonyl (C=O) groups excluding carboxylic acids is 2. The molecule has 6 heteroatoms. The van der Waals surface area contributed by atoms with Crippen molar-refractivity contribution in [3.05, 3.63) is 48.3 Å². The first-order valence-corrected chi connectivity index (χ1v) is 6.90. The Morgan fingerprint density at radius 1 is 1.33 bits per heavy atom. The third kappa shape index (κ3) is 3.10. The maximum atomic E-state index is 12.1. The first kappa shape index (κ1) is 13.4. The number of nitrogens with one attached hydrogen (secondary N) is 2. The van der Waals surface area contributed by atoms with Crippen molar-refractivity contribution in [1.82, 2.24) is 20.4 Å². The van der Waals surface area contributed by atoms with Crippen LogP contribution >= 0.6 is 0 Å². The minimum Gasteiger partial charge on any atom is -0.354 e. The van der Waals surface area contributed by atoms with Gasteiger partial charge >= 0.3 is 0 Å². The van der Waals surface area contributed by atoms with E-state index in [0.29, 0.717) is 24.9 Å². The summed E-state index contributed by atoms with van der Waals surface area (Å²) in [5, 5.41) is 9.82. The van der Waals surface area contributed by atoms with Gasteiger partial charge in [-0.15, -0.1) is 0 Å². The topological polar surface area (TPSA) is 76.0 Å². The van der Waals surface area contributed by atoms with Crippen molar-refractivity contribution in [3.63, 3.8) is 0 Å². The van der Waals surface area contributed by atoms with Gasteiger partial charge in [-0.25, -0.2) is 4.68 Å². The number of hydrogen-bond acceptors (Lipinski definition) is 3. The molecular formula is C15H16N4O2. The van der Waals surface area contributed by atoms with E-state index < -0.39 is 0 Å². The van der Waals surface area contributed by atoms with E-state index in [1.54, 1.807) is 23.0 Å². The van der Waals surface area contributed by atoms with Crippen LogP contribution in [0.4, 0.5) is 0 Å². The average molecular weight is 284 g/mol. The predicted octanol–water partition coefficient (Wildman–Crippen LogP) is 0.881. The highest BCUT2D eigenvalue weighted by Crippen LogP contribution is 2.10. The number of nitrogens with zero attached hydrogens (tertiary/aromatic N) is 2. The molecule has 1 aliphatic rings. The van der Waals surface area contributed by atoms with Crippen molar-refractivity contribution in [3.8, 4) is 5.69 Å². The Labute approximate surface area is 122 Å². The summed E-state index contributed by atoms with van der Waals surface area (Å²) < 4.78 is 1.73. The molecule has 21 heavy (non-hydrogen) atoms. The molecule has 1 unspecified atom stereocenters. The molecule has 1 aromatic carbocycles. The number of carbonyl (C=O) groups is 2. The maximum Gasteiger partial charge on any atom is 0.251 e. The van der Waals surface area contributed by atoms with Crippen LogP contribution in [-0.4, -0.2) is 34.2 Å². The van der Waals surface area contributed by atoms with Crippen molar-refractivity contribution in [1.29, 1.82) is 0 Å². The zero-order valence-corrected chi connectivity index (χ0v) is 11.5. The second kappa shape index (κ2) is 5.78. The predicted molar refractivity (Wildman–Crippen MR) is 77.1 cm³/mol. The Balaban J connectivity index is 1.64. The number of hydrogen-bond donors (Lipinski definition) is 2. The Bertz CT molecular complexity index is 624. The Kier molecular flexibility index (Phi) is 3.68. The van der Waals surface area contributed by atoms with E-state index in [9.17, 15) is 9.59 Å². The van der Waals surface area contributed by atoms with Crippen LogP contribution < -0.4 is 10.6 Å². The molecule has 2 N–H and O–H groups in total. The van der Waals surface area contributed by atoms with E-state index in [-0.39, 0.29) is 17.9 Å². The summed E-state index contributed by atoms with van der Waals surface area (Å²) in [6.45, 7) is 0.496. The molecule has 1 atom stereocenters. The van der Waals surface area contributed by atoms with Gasteiger partial charge in [0.2, 0.25) is 5.91 Å². The number of benzene rings is 1. The van der Waals surface area contributed by atoms with Crippen LogP contribution in [0.5, 0.6) is 0 Å². The van der Waals surface area contributed by atoms with Gasteiger partial charge < -0.3 is 10.6 Å². The number of amides is 2. The van der Waals surface area contributed by atoms with Gasteiger partial charge in [0.1, 0.15) is 0 Å². The van der Waals surface area contributed by atoms with Crippen LogP contribution in [0.2, 0.25) is 0 Å². The summed E-state index contributed by atoms with van der Waals surface area (Å²) in [5.74, 6) is -0.0766. The molecular weight excluding hydrogens is 268 g/mol. The molecule has 6 nitrogen and oxygen atoms in total. The third-order valence-electron chi connectivity index (χ3n) is 3.50. The lowest BCUT2D eigenvalue weighted by Crippen LogP contribution is -2.47. The smallest absolute Gasteiger partial charge is 0.251 e. The first-order chi connectivity index (χ1) is 10.2. The van der Waals surface area contributed by atoms with Gasteiger partial charge in [0.15, 0.2) is 0 Å². The van der Waals surface area contributed by atoms with Crippen LogP contribution in [0.3, 0.4) is 0 Å². The molecule has 0 radical (unpaired) electrons. The molecule has 1 saturated heterocycles. The summed E-state index contributed by atoms with van der Waals surface area (Å²) in [5.41, 5.74) is 1.50. The monoisotopic (exact) mass is 284 g/mol. The molecule has 0 spiro atoms. The molecule has 3 rings (SSSR count). The molecule has 1 aliphatic heterocycles. The van der Waals surface area contributed by atoms with Gasteiger partial charge in [0, 0.05) is 37.0 Å². The van der Waals surface area contributed by atoms with Crippen LogP contribution in [0.15, 0.2) is 42.7 Å². The van der Waals surface area contributed by atoms with Gasteiger partial charge in [-0.3, -0.25) is 9.59 Å². The minimum atomic E-state index is -0.122. The molecule has 1 aromatic heterocycles. The quantitative estimate of drug-likeness (QED) is 0.878. The molecule has 2 amide bonds. The highest BCUT2D eigenvalue weighted by atomic mass is 16.2. The molecule has 1 fully saturated rings. The first-order valence-electron chi connectivity index (χ1n) is 6.90. The fraction of sp³-hybridized carbons (Fsp3) is 0.267. The van der Waals surface area contributed by atoms with Crippen LogP contribution in [0.1, 0.15) is 23.2 Å². The van der Waals surface area contributed by atoms with Gasteiger partial charge in [0.05, 0.1) is 5.69 Å². The zero-order chi connectivity index (χ0) is 14.7. The van der Waals surface area contributed by atoms with Crippen molar-refractivity contribution >= 4 is 11.8 Å². The number of rotatable bonds is 3. The Morgan fingerprint density at radius 2 is 2.14 bits per heavy atom. The Hall–Kier alpha value is -2.63. The van der Waals surface area contributed by atoms with E-state index in [1.807, 2.05) is 24.4 Å². The SMILES string of the molecule is O=C1CCC(NC(=O)c2ccc(-n3cccn3)cc2)CN1. The molecule has 2 heterocycles. The summed E-state index contributed by atoms with van der Waals surface area (Å²) in [6.07, 6.45) is 4.70. The van der Waals surface area contributed by atoms with Crippen molar-refractivity contribution in [2.45, 2.75) is 18.9 Å². The van der Waals surface area contributed by atoms with Crippen molar-refractivity contribution in [2.24, 2.45) is 0 Å². The van der Waals surface area contributed by atoms with E-state index >= 15 is 0 Å². The Morgan fingerprint density at radius 3 is 2.76 bits per heavy atom. The molecule has 0 bridgehead atoms. The van der Waals surface area contributed by atoms with E-state index in [2.05, 4.69) is 15.7 Å². The second-order valence-corrected chi connectivity index (χ2v) is 5.01. The molecule has 0 saturated carbocycles. The van der Waals surface area contributed by atoms with Gasteiger partial charge in [-0.1, -0.05) is 0 Å². The van der Waals surface area contributed by atoms with Crippen LogP contribution in [-0.2, 0) is 4.79 Å². The van der Waals surface area contributed by atoms with Crippen molar-refractivity contribution in [2.75, 3.05) is 6.54 Å². The molecule has 0 aliphatic carbocycles. The zero-order valence-electron chi connectivity index (χ0n) is 11.5. The molecule has 2 aromatic rings. The lowest BCUT2D eigenvalue weighted by Gasteiger charge is -2.23. The number of aromatic nitrogens is 2. The van der Waals surface area contributed by atoms with Crippen LogP contribution in [0.25, 0.3) is 5.69 Å².